The van der Waals surface area contributed by atoms with Crippen LogP contribution in [0.5, 0.6) is 0 Å². The number of unbranched alkanes of at least 4 members (excludes halogenated alkanes) is 24. The summed E-state index contributed by atoms with van der Waals surface area (Å²) in [5.41, 5.74) is 0. The molecule has 2 unspecified atom stereocenters. The molecule has 1 aliphatic heterocycles. The lowest BCUT2D eigenvalue weighted by Gasteiger charge is -2.39. The van der Waals surface area contributed by atoms with Gasteiger partial charge in [0.05, 0.1) is 13.2 Å². The topological polar surface area (TPSA) is 152 Å². The molecule has 0 radical (unpaired) electrons. The molecule has 366 valence electrons. The maximum absolute atomic E-state index is 12.8. The molecular weight excluding hydrogens is 797 g/mol. The molecule has 10 nitrogen and oxygen atoms in total. The van der Waals surface area contributed by atoms with Gasteiger partial charge in [0.1, 0.15) is 31.0 Å². The second-order valence-electron chi connectivity index (χ2n) is 17.6. The van der Waals surface area contributed by atoms with Crippen LogP contribution in [0.2, 0.25) is 0 Å². The molecule has 4 N–H and O–H groups in total. The first-order valence-electron chi connectivity index (χ1n) is 25.7. The first-order chi connectivity index (χ1) is 30.8. The third-order valence-corrected chi connectivity index (χ3v) is 11.7. The molecular formula is C53H94O10. The molecule has 0 aromatic rings. The average molecular weight is 891 g/mol. The minimum Gasteiger partial charge on any atom is -0.462 e. The van der Waals surface area contributed by atoms with Gasteiger partial charge in [-0.2, -0.15) is 0 Å². The lowest BCUT2D eigenvalue weighted by molar-refractivity contribution is -0.305. The molecule has 10 heteroatoms. The lowest BCUT2D eigenvalue weighted by Crippen LogP contribution is -2.59. The van der Waals surface area contributed by atoms with Crippen LogP contribution in [0.3, 0.4) is 0 Å². The summed E-state index contributed by atoms with van der Waals surface area (Å²) < 4.78 is 22.2. The van der Waals surface area contributed by atoms with E-state index in [0.717, 1.165) is 57.8 Å². The van der Waals surface area contributed by atoms with E-state index in [-0.39, 0.29) is 32.0 Å². The van der Waals surface area contributed by atoms with Crippen LogP contribution in [0, 0.1) is 0 Å². The quantitative estimate of drug-likeness (QED) is 0.0264. The SMILES string of the molecule is CC/C=C/C/C=C/C/C=C/C/C=C/CCCCC(=O)O[C@@H](COC(=O)CCCCCCCCCCCCCCCCCCCCCCCCC)CO[C@H]1O[C@@H](CO)[C@@H](O)C(O)C1O. The fourth-order valence-electron chi connectivity index (χ4n) is 7.71. The van der Waals surface area contributed by atoms with Gasteiger partial charge >= 0.3 is 11.9 Å². The normalized spacial score (nSPS) is 19.9. The van der Waals surface area contributed by atoms with E-state index in [4.69, 9.17) is 18.9 Å². The van der Waals surface area contributed by atoms with Crippen LogP contribution in [0.25, 0.3) is 0 Å². The fourth-order valence-corrected chi connectivity index (χ4v) is 7.71. The highest BCUT2D eigenvalue weighted by Crippen LogP contribution is 2.23. The van der Waals surface area contributed by atoms with Gasteiger partial charge in [-0.1, -0.05) is 204 Å². The summed E-state index contributed by atoms with van der Waals surface area (Å²) in [5.74, 6) is -0.848. The van der Waals surface area contributed by atoms with E-state index in [1.165, 1.54) is 128 Å². The van der Waals surface area contributed by atoms with Crippen LogP contribution in [0.15, 0.2) is 48.6 Å². The molecule has 0 spiro atoms. The second-order valence-corrected chi connectivity index (χ2v) is 17.6. The maximum atomic E-state index is 12.8. The zero-order valence-electron chi connectivity index (χ0n) is 40.1. The number of hydrogen-bond donors (Lipinski definition) is 4. The summed E-state index contributed by atoms with van der Waals surface area (Å²) >= 11 is 0. The molecule has 0 aromatic heterocycles. The van der Waals surface area contributed by atoms with Crippen molar-refractivity contribution in [2.45, 2.75) is 256 Å². The van der Waals surface area contributed by atoms with E-state index in [2.05, 4.69) is 62.5 Å². The predicted octanol–water partition coefficient (Wildman–Crippen LogP) is 12.0. The van der Waals surface area contributed by atoms with Crippen LogP contribution in [-0.4, -0.2) is 89.0 Å². The summed E-state index contributed by atoms with van der Waals surface area (Å²) in [5, 5.41) is 40.2. The smallest absolute Gasteiger partial charge is 0.306 e. The monoisotopic (exact) mass is 891 g/mol. The van der Waals surface area contributed by atoms with E-state index in [1.807, 2.05) is 0 Å². The van der Waals surface area contributed by atoms with Crippen molar-refractivity contribution in [3.05, 3.63) is 48.6 Å². The van der Waals surface area contributed by atoms with Crippen molar-refractivity contribution in [3.63, 3.8) is 0 Å². The largest absolute Gasteiger partial charge is 0.462 e. The minimum atomic E-state index is -1.60. The average Bonchev–Trinajstić information content (AvgIpc) is 3.28. The number of carbonyl (C=O) groups is 2. The molecule has 63 heavy (non-hydrogen) atoms. The second kappa shape index (κ2) is 43.5. The molecule has 0 aliphatic carbocycles. The number of hydrogen-bond acceptors (Lipinski definition) is 10. The molecule has 6 atom stereocenters. The highest BCUT2D eigenvalue weighted by Gasteiger charge is 2.44. The van der Waals surface area contributed by atoms with Gasteiger partial charge in [-0.05, 0) is 51.4 Å². The molecule has 1 saturated heterocycles. The van der Waals surface area contributed by atoms with E-state index in [1.54, 1.807) is 0 Å². The number of carbonyl (C=O) groups excluding carboxylic acids is 2. The van der Waals surface area contributed by atoms with Crippen molar-refractivity contribution in [1.29, 1.82) is 0 Å². The van der Waals surface area contributed by atoms with E-state index >= 15 is 0 Å². The summed E-state index contributed by atoms with van der Waals surface area (Å²) in [4.78, 5) is 25.4. The minimum absolute atomic E-state index is 0.178. The molecule has 0 saturated carbocycles. The Morgan fingerprint density at radius 3 is 1.41 bits per heavy atom. The number of allylic oxidation sites excluding steroid dienone is 8. The van der Waals surface area contributed by atoms with Crippen LogP contribution in [-0.2, 0) is 28.5 Å². The Balaban J connectivity index is 2.24. The van der Waals surface area contributed by atoms with Gasteiger partial charge < -0.3 is 39.4 Å². The predicted molar refractivity (Wildman–Crippen MR) is 256 cm³/mol. The Labute approximate surface area is 384 Å². The summed E-state index contributed by atoms with van der Waals surface area (Å²) in [6.07, 6.45) is 45.6. The van der Waals surface area contributed by atoms with Gasteiger partial charge in [0.2, 0.25) is 0 Å². The van der Waals surface area contributed by atoms with E-state index in [9.17, 15) is 30.0 Å². The Bertz CT molecular complexity index is 1170. The van der Waals surface area contributed by atoms with E-state index in [0.29, 0.717) is 6.42 Å². The first-order valence-corrected chi connectivity index (χ1v) is 25.7. The fraction of sp³-hybridized carbons (Fsp3) is 0.811. The number of rotatable bonds is 43. The Morgan fingerprint density at radius 2 is 0.937 bits per heavy atom. The number of esters is 2. The summed E-state index contributed by atoms with van der Waals surface area (Å²) in [6, 6.07) is 0. The Morgan fingerprint density at radius 1 is 0.508 bits per heavy atom. The highest BCUT2D eigenvalue weighted by molar-refractivity contribution is 5.70. The number of aliphatic hydroxyl groups excluding tert-OH is 4. The Hall–Kier alpha value is -2.34. The Kier molecular flexibility index (Phi) is 40.6. The van der Waals surface area contributed by atoms with Crippen LogP contribution < -0.4 is 0 Å². The van der Waals surface area contributed by atoms with Crippen molar-refractivity contribution < 1.29 is 49.0 Å². The standard InChI is InChI=1S/C53H94O10/c1-3-5-7-9-11-13-15-17-19-20-21-22-23-24-25-26-28-29-31-33-35-37-39-41-48(55)60-44-46(45-61-53-52(59)51(58)50(57)47(43-54)63-53)62-49(56)42-40-38-36-34-32-30-27-18-16-14-12-10-8-6-4-2/h6,8,12,14,18,27,32,34,46-47,50-54,57-59H,3-5,7,9-11,13,15-17,19-26,28-31,33,35-45H2,1-2H3/b8-6+,14-12+,27-18+,34-32+/t46-,47-,50+,51?,52?,53-/m0/s1. The lowest BCUT2D eigenvalue weighted by atomic mass is 9.99. The van der Waals surface area contributed by atoms with Crippen molar-refractivity contribution in [2.24, 2.45) is 0 Å². The van der Waals surface area contributed by atoms with Crippen LogP contribution in [0.4, 0.5) is 0 Å². The molecule has 1 aliphatic rings. The van der Waals surface area contributed by atoms with Gasteiger partial charge in [-0.3, -0.25) is 9.59 Å². The zero-order chi connectivity index (χ0) is 45.9. The van der Waals surface area contributed by atoms with Gasteiger partial charge in [-0.25, -0.2) is 0 Å². The molecule has 0 amide bonds. The van der Waals surface area contributed by atoms with Crippen molar-refractivity contribution in [3.8, 4) is 0 Å². The molecule has 1 heterocycles. The summed E-state index contributed by atoms with van der Waals surface area (Å²) in [7, 11) is 0. The zero-order valence-corrected chi connectivity index (χ0v) is 40.1. The molecule has 1 fully saturated rings. The number of ether oxygens (including phenoxy) is 4. The van der Waals surface area contributed by atoms with Gasteiger partial charge in [-0.15, -0.1) is 0 Å². The first kappa shape index (κ1) is 58.7. The van der Waals surface area contributed by atoms with Crippen LogP contribution in [0.1, 0.15) is 219 Å². The van der Waals surface area contributed by atoms with Gasteiger partial charge in [0.25, 0.3) is 0 Å². The summed E-state index contributed by atoms with van der Waals surface area (Å²) in [6.45, 7) is 3.29. The molecule has 1 rings (SSSR count). The van der Waals surface area contributed by atoms with Crippen molar-refractivity contribution in [1.82, 2.24) is 0 Å². The molecule has 0 aromatic carbocycles. The van der Waals surface area contributed by atoms with Gasteiger partial charge in [0.15, 0.2) is 12.4 Å². The third kappa shape index (κ3) is 34.6. The molecule has 0 bridgehead atoms. The maximum Gasteiger partial charge on any atom is 0.306 e. The van der Waals surface area contributed by atoms with Crippen molar-refractivity contribution in [2.75, 3.05) is 19.8 Å². The van der Waals surface area contributed by atoms with Crippen molar-refractivity contribution >= 4 is 11.9 Å². The third-order valence-electron chi connectivity index (χ3n) is 11.7. The van der Waals surface area contributed by atoms with Crippen LogP contribution >= 0.6 is 0 Å². The van der Waals surface area contributed by atoms with E-state index < -0.39 is 49.4 Å². The number of aliphatic hydroxyl groups is 4. The van der Waals surface area contributed by atoms with Gasteiger partial charge in [0, 0.05) is 12.8 Å². The highest BCUT2D eigenvalue weighted by atomic mass is 16.7.